The van der Waals surface area contributed by atoms with Crippen molar-refractivity contribution >= 4 is 18.0 Å². The van der Waals surface area contributed by atoms with E-state index in [-0.39, 0.29) is 24.1 Å². The summed E-state index contributed by atoms with van der Waals surface area (Å²) >= 11 is 0. The van der Waals surface area contributed by atoms with Crippen LogP contribution < -0.4 is 16.0 Å². The molecular formula is C22H32N4O4. The molecule has 1 saturated heterocycles. The molecule has 3 rings (SSSR count). The molecule has 164 valence electrons. The Bertz CT molecular complexity index is 768. The summed E-state index contributed by atoms with van der Waals surface area (Å²) in [6.45, 7) is 7.65. The number of carbonyl (C=O) groups is 3. The smallest absolute Gasteiger partial charge is 0.410 e. The van der Waals surface area contributed by atoms with Gasteiger partial charge in [-0.3, -0.25) is 4.79 Å². The fourth-order valence-electron chi connectivity index (χ4n) is 3.22. The highest BCUT2D eigenvalue weighted by Crippen LogP contribution is 2.27. The molecule has 1 aliphatic carbocycles. The van der Waals surface area contributed by atoms with Crippen LogP contribution in [0.2, 0.25) is 0 Å². The van der Waals surface area contributed by atoms with Crippen molar-refractivity contribution in [3.63, 3.8) is 0 Å². The van der Waals surface area contributed by atoms with Crippen molar-refractivity contribution in [2.75, 3.05) is 19.6 Å². The largest absolute Gasteiger partial charge is 0.444 e. The maximum Gasteiger partial charge on any atom is 0.410 e. The van der Waals surface area contributed by atoms with Gasteiger partial charge in [0, 0.05) is 37.8 Å². The van der Waals surface area contributed by atoms with Crippen LogP contribution in [0.25, 0.3) is 0 Å². The van der Waals surface area contributed by atoms with Crippen molar-refractivity contribution in [1.29, 1.82) is 0 Å². The van der Waals surface area contributed by atoms with Gasteiger partial charge in [-0.05, 0) is 63.6 Å². The Balaban J connectivity index is 1.41. The van der Waals surface area contributed by atoms with Crippen LogP contribution in [0.4, 0.5) is 9.59 Å². The van der Waals surface area contributed by atoms with Crippen LogP contribution in [0.1, 0.15) is 56.0 Å². The minimum Gasteiger partial charge on any atom is -0.444 e. The number of carbonyl (C=O) groups excluding carboxylic acids is 3. The van der Waals surface area contributed by atoms with Gasteiger partial charge in [-0.1, -0.05) is 12.1 Å². The summed E-state index contributed by atoms with van der Waals surface area (Å²) in [4.78, 5) is 38.0. The zero-order valence-electron chi connectivity index (χ0n) is 18.0. The molecule has 30 heavy (non-hydrogen) atoms. The first-order valence-electron chi connectivity index (χ1n) is 10.6. The summed E-state index contributed by atoms with van der Waals surface area (Å²) < 4.78 is 5.38. The molecule has 0 spiro atoms. The van der Waals surface area contributed by atoms with E-state index in [4.69, 9.17) is 4.74 Å². The Morgan fingerprint density at radius 3 is 2.40 bits per heavy atom. The number of hydrogen-bond acceptors (Lipinski definition) is 4. The summed E-state index contributed by atoms with van der Waals surface area (Å²) in [5.41, 5.74) is 0.935. The molecular weight excluding hydrogens is 384 g/mol. The van der Waals surface area contributed by atoms with Gasteiger partial charge >= 0.3 is 12.1 Å². The van der Waals surface area contributed by atoms with Gasteiger partial charge in [0.15, 0.2) is 0 Å². The van der Waals surface area contributed by atoms with Crippen LogP contribution in [0, 0.1) is 5.92 Å². The molecule has 1 aromatic rings. The Morgan fingerprint density at radius 2 is 1.77 bits per heavy atom. The third-order valence-corrected chi connectivity index (χ3v) is 5.09. The predicted molar refractivity (Wildman–Crippen MR) is 113 cm³/mol. The molecule has 3 N–H and O–H groups in total. The third-order valence-electron chi connectivity index (χ3n) is 5.09. The van der Waals surface area contributed by atoms with E-state index < -0.39 is 5.60 Å². The van der Waals surface area contributed by atoms with E-state index in [9.17, 15) is 14.4 Å². The number of urea groups is 1. The average Bonchev–Trinajstić information content (AvgIpc) is 3.40. The highest BCUT2D eigenvalue weighted by Gasteiger charge is 2.30. The van der Waals surface area contributed by atoms with Crippen LogP contribution in [0.5, 0.6) is 0 Å². The van der Waals surface area contributed by atoms with Crippen LogP contribution in [-0.4, -0.2) is 54.2 Å². The Hall–Kier alpha value is -2.77. The van der Waals surface area contributed by atoms with Gasteiger partial charge in [-0.2, -0.15) is 0 Å². The van der Waals surface area contributed by atoms with Crippen molar-refractivity contribution in [3.8, 4) is 0 Å². The van der Waals surface area contributed by atoms with Gasteiger partial charge in [0.1, 0.15) is 5.60 Å². The molecule has 1 heterocycles. The van der Waals surface area contributed by atoms with Gasteiger partial charge in [0.2, 0.25) is 0 Å². The monoisotopic (exact) mass is 416 g/mol. The molecule has 1 aromatic carbocycles. The molecule has 1 saturated carbocycles. The molecule has 1 aliphatic heterocycles. The molecule has 1 atom stereocenters. The van der Waals surface area contributed by atoms with Gasteiger partial charge in [-0.15, -0.1) is 0 Å². The summed E-state index contributed by atoms with van der Waals surface area (Å²) in [7, 11) is 0. The van der Waals surface area contributed by atoms with Crippen molar-refractivity contribution in [1.82, 2.24) is 20.9 Å². The normalized spacial score (nSPS) is 18.6. The van der Waals surface area contributed by atoms with Crippen molar-refractivity contribution in [2.45, 2.75) is 58.2 Å². The minimum absolute atomic E-state index is 0.0958. The number of likely N-dealkylation sites (tertiary alicyclic amines) is 1. The van der Waals surface area contributed by atoms with Gasteiger partial charge in [-0.25, -0.2) is 9.59 Å². The van der Waals surface area contributed by atoms with Crippen LogP contribution >= 0.6 is 0 Å². The second kappa shape index (κ2) is 9.36. The maximum atomic E-state index is 12.5. The third kappa shape index (κ3) is 6.93. The lowest BCUT2D eigenvalue weighted by atomic mass is 10.1. The fraction of sp³-hybridized carbons (Fsp3) is 0.591. The SMILES string of the molecule is CC(C)(C)OC(=O)N1CCC(NC(=O)c2ccc(CNC(=O)NCC3CC3)cc2)C1. The van der Waals surface area contributed by atoms with Gasteiger partial charge < -0.3 is 25.6 Å². The lowest BCUT2D eigenvalue weighted by Gasteiger charge is -2.24. The topological polar surface area (TPSA) is 99.8 Å². The lowest BCUT2D eigenvalue weighted by Crippen LogP contribution is -2.40. The Labute approximate surface area is 177 Å². The highest BCUT2D eigenvalue weighted by molar-refractivity contribution is 5.94. The van der Waals surface area contributed by atoms with Crippen LogP contribution in [0.15, 0.2) is 24.3 Å². The molecule has 1 unspecified atom stereocenters. The lowest BCUT2D eigenvalue weighted by molar-refractivity contribution is 0.0290. The average molecular weight is 417 g/mol. The summed E-state index contributed by atoms with van der Waals surface area (Å²) in [5, 5.41) is 8.66. The quantitative estimate of drug-likeness (QED) is 0.664. The van der Waals surface area contributed by atoms with Crippen molar-refractivity contribution in [3.05, 3.63) is 35.4 Å². The molecule has 0 aromatic heterocycles. The summed E-state index contributed by atoms with van der Waals surface area (Å²) in [5.74, 6) is 0.470. The Morgan fingerprint density at radius 1 is 1.07 bits per heavy atom. The minimum atomic E-state index is -0.535. The number of hydrogen-bond donors (Lipinski definition) is 3. The first-order chi connectivity index (χ1) is 14.2. The van der Waals surface area contributed by atoms with Crippen LogP contribution in [0.3, 0.4) is 0 Å². The number of ether oxygens (including phenoxy) is 1. The van der Waals surface area contributed by atoms with E-state index in [0.29, 0.717) is 37.5 Å². The molecule has 2 aliphatic rings. The van der Waals surface area contributed by atoms with E-state index in [1.165, 1.54) is 12.8 Å². The standard InChI is InChI=1S/C22H32N4O4/c1-22(2,3)30-21(29)26-11-10-18(14-26)25-19(27)17-8-6-16(7-9-17)13-24-20(28)23-12-15-4-5-15/h6-9,15,18H,4-5,10-14H2,1-3H3,(H,25,27)(H2,23,24,28). The Kier molecular flexibility index (Phi) is 6.84. The van der Waals surface area contributed by atoms with Gasteiger partial charge in [0.05, 0.1) is 0 Å². The molecule has 4 amide bonds. The highest BCUT2D eigenvalue weighted by atomic mass is 16.6. The first-order valence-corrected chi connectivity index (χ1v) is 10.6. The van der Waals surface area contributed by atoms with E-state index in [2.05, 4.69) is 16.0 Å². The zero-order chi connectivity index (χ0) is 21.7. The van der Waals surface area contributed by atoms with Gasteiger partial charge in [0.25, 0.3) is 5.91 Å². The molecule has 0 radical (unpaired) electrons. The fourth-order valence-corrected chi connectivity index (χ4v) is 3.22. The van der Waals surface area contributed by atoms with E-state index in [1.54, 1.807) is 17.0 Å². The van der Waals surface area contributed by atoms with Crippen LogP contribution in [-0.2, 0) is 11.3 Å². The summed E-state index contributed by atoms with van der Waals surface area (Å²) in [6, 6.07) is 6.89. The second-order valence-electron chi connectivity index (χ2n) is 9.09. The first kappa shape index (κ1) is 21.9. The predicted octanol–water partition coefficient (Wildman–Crippen LogP) is 2.64. The number of nitrogens with one attached hydrogen (secondary N) is 3. The zero-order valence-corrected chi connectivity index (χ0v) is 18.0. The van der Waals surface area contributed by atoms with Crippen molar-refractivity contribution in [2.24, 2.45) is 5.92 Å². The summed E-state index contributed by atoms with van der Waals surface area (Å²) in [6.07, 6.45) is 2.74. The van der Waals surface area contributed by atoms with E-state index in [0.717, 1.165) is 12.1 Å². The molecule has 0 bridgehead atoms. The maximum absolute atomic E-state index is 12.5. The molecule has 2 fully saturated rings. The number of amides is 4. The van der Waals surface area contributed by atoms with E-state index >= 15 is 0 Å². The number of rotatable bonds is 6. The number of benzene rings is 1. The second-order valence-corrected chi connectivity index (χ2v) is 9.09. The van der Waals surface area contributed by atoms with E-state index in [1.807, 2.05) is 32.9 Å². The molecule has 8 heteroatoms. The number of nitrogens with zero attached hydrogens (tertiary/aromatic N) is 1. The van der Waals surface area contributed by atoms with Crippen molar-refractivity contribution < 1.29 is 19.1 Å². The molecule has 8 nitrogen and oxygen atoms in total.